The molecule has 0 bridgehead atoms. The van der Waals surface area contributed by atoms with E-state index in [9.17, 15) is 9.59 Å². The fourth-order valence-corrected chi connectivity index (χ4v) is 1.86. The molecule has 0 spiro atoms. The van der Waals surface area contributed by atoms with Gasteiger partial charge in [0.1, 0.15) is 6.61 Å². The fraction of sp³-hybridized carbons (Fsp3) is 0.250. The van der Waals surface area contributed by atoms with Crippen LogP contribution in [-0.4, -0.2) is 18.4 Å². The molecular formula is C16H16O3. The normalized spacial score (nSPS) is 22.1. The number of esters is 1. The molecule has 0 saturated heterocycles. The van der Waals surface area contributed by atoms with Crippen molar-refractivity contribution in [3.8, 4) is 0 Å². The molecule has 0 unspecified atom stereocenters. The van der Waals surface area contributed by atoms with Crippen LogP contribution in [0.25, 0.3) is 6.08 Å². The van der Waals surface area contributed by atoms with Crippen LogP contribution in [0.1, 0.15) is 18.9 Å². The van der Waals surface area contributed by atoms with Crippen molar-refractivity contribution >= 4 is 17.8 Å². The van der Waals surface area contributed by atoms with E-state index >= 15 is 0 Å². The van der Waals surface area contributed by atoms with E-state index in [1.54, 1.807) is 12.2 Å². The van der Waals surface area contributed by atoms with E-state index in [0.717, 1.165) is 5.56 Å². The first-order valence-corrected chi connectivity index (χ1v) is 6.21. The first-order valence-electron chi connectivity index (χ1n) is 6.21. The first kappa shape index (κ1) is 13.3. The van der Waals surface area contributed by atoms with E-state index in [-0.39, 0.29) is 12.4 Å². The van der Waals surface area contributed by atoms with Gasteiger partial charge in [0, 0.05) is 6.08 Å². The summed E-state index contributed by atoms with van der Waals surface area (Å²) in [6.07, 6.45) is 7.07. The van der Waals surface area contributed by atoms with Gasteiger partial charge in [0.15, 0.2) is 5.78 Å². The molecule has 98 valence electrons. The van der Waals surface area contributed by atoms with Crippen LogP contribution in [0.3, 0.4) is 0 Å². The van der Waals surface area contributed by atoms with Crippen LogP contribution in [0.5, 0.6) is 0 Å². The molecule has 1 aliphatic rings. The molecule has 3 nitrogen and oxygen atoms in total. The van der Waals surface area contributed by atoms with Gasteiger partial charge in [-0.05, 0) is 31.1 Å². The van der Waals surface area contributed by atoms with E-state index < -0.39 is 11.4 Å². The third-order valence-electron chi connectivity index (χ3n) is 3.18. The van der Waals surface area contributed by atoms with E-state index in [0.29, 0.717) is 6.42 Å². The molecule has 1 aromatic carbocycles. The standard InChI is InChI=1S/C16H16O3/c1-16(11-5-8-14(16)17)12-19-15(18)10-9-13-6-3-2-4-7-13/h2-10H,11-12H2,1H3/b10-9+/t16-/m0/s1. The molecule has 0 N–H and O–H groups in total. The van der Waals surface area contributed by atoms with Crippen LogP contribution in [0, 0.1) is 5.41 Å². The zero-order valence-corrected chi connectivity index (χ0v) is 10.8. The molecule has 0 radical (unpaired) electrons. The molecule has 0 heterocycles. The zero-order chi connectivity index (χ0) is 13.7. The summed E-state index contributed by atoms with van der Waals surface area (Å²) in [4.78, 5) is 23.2. The Morgan fingerprint density at radius 3 is 2.74 bits per heavy atom. The molecule has 0 fully saturated rings. The van der Waals surface area contributed by atoms with Gasteiger partial charge in [0.05, 0.1) is 5.41 Å². The average molecular weight is 256 g/mol. The van der Waals surface area contributed by atoms with Gasteiger partial charge in [0.25, 0.3) is 0 Å². The molecule has 3 heteroatoms. The maximum atomic E-state index is 11.6. The number of carbonyl (C=O) groups excluding carboxylic acids is 2. The summed E-state index contributed by atoms with van der Waals surface area (Å²) in [5, 5.41) is 0. The maximum Gasteiger partial charge on any atom is 0.330 e. The van der Waals surface area contributed by atoms with E-state index in [1.807, 2.05) is 43.3 Å². The van der Waals surface area contributed by atoms with Crippen LogP contribution >= 0.6 is 0 Å². The van der Waals surface area contributed by atoms with Crippen LogP contribution in [0.2, 0.25) is 0 Å². The summed E-state index contributed by atoms with van der Waals surface area (Å²) in [6, 6.07) is 9.50. The van der Waals surface area contributed by atoms with Crippen molar-refractivity contribution in [2.75, 3.05) is 6.61 Å². The third-order valence-corrected chi connectivity index (χ3v) is 3.18. The second kappa shape index (κ2) is 5.65. The van der Waals surface area contributed by atoms with Crippen LogP contribution in [0.4, 0.5) is 0 Å². The smallest absolute Gasteiger partial charge is 0.330 e. The van der Waals surface area contributed by atoms with Crippen molar-refractivity contribution in [1.82, 2.24) is 0 Å². The Kier molecular flexibility index (Phi) is 3.95. The Balaban J connectivity index is 1.86. The zero-order valence-electron chi connectivity index (χ0n) is 10.8. The van der Waals surface area contributed by atoms with Gasteiger partial charge >= 0.3 is 5.97 Å². The van der Waals surface area contributed by atoms with Crippen molar-refractivity contribution in [2.24, 2.45) is 5.41 Å². The lowest BCUT2D eigenvalue weighted by molar-refractivity contribution is -0.143. The lowest BCUT2D eigenvalue weighted by Gasteiger charge is -2.20. The Hall–Kier alpha value is -2.16. The molecule has 0 aromatic heterocycles. The lowest BCUT2D eigenvalue weighted by atomic mass is 9.88. The number of rotatable bonds is 4. The van der Waals surface area contributed by atoms with Crippen molar-refractivity contribution in [3.05, 3.63) is 54.1 Å². The summed E-state index contributed by atoms with van der Waals surface area (Å²) < 4.78 is 5.13. The summed E-state index contributed by atoms with van der Waals surface area (Å²) in [5.74, 6) is -0.405. The number of benzene rings is 1. The van der Waals surface area contributed by atoms with E-state index in [2.05, 4.69) is 0 Å². The number of ether oxygens (including phenoxy) is 1. The summed E-state index contributed by atoms with van der Waals surface area (Å²) in [7, 11) is 0. The van der Waals surface area contributed by atoms with Gasteiger partial charge in [-0.25, -0.2) is 4.79 Å². The molecule has 1 aromatic rings. The number of ketones is 1. The minimum Gasteiger partial charge on any atom is -0.461 e. The molecule has 2 rings (SSSR count). The minimum atomic E-state index is -0.587. The minimum absolute atomic E-state index is 0.0207. The number of allylic oxidation sites excluding steroid dienone is 2. The van der Waals surface area contributed by atoms with Gasteiger partial charge in [-0.15, -0.1) is 0 Å². The van der Waals surface area contributed by atoms with Crippen LogP contribution in [0.15, 0.2) is 48.6 Å². The van der Waals surface area contributed by atoms with Gasteiger partial charge < -0.3 is 4.74 Å². The van der Waals surface area contributed by atoms with Crippen molar-refractivity contribution in [2.45, 2.75) is 13.3 Å². The first-order chi connectivity index (χ1) is 9.10. The lowest BCUT2D eigenvalue weighted by Crippen LogP contribution is -2.29. The van der Waals surface area contributed by atoms with Crippen molar-refractivity contribution < 1.29 is 14.3 Å². The fourth-order valence-electron chi connectivity index (χ4n) is 1.86. The summed E-state index contributed by atoms with van der Waals surface area (Å²) in [6.45, 7) is 1.93. The Morgan fingerprint density at radius 1 is 1.37 bits per heavy atom. The monoisotopic (exact) mass is 256 g/mol. The maximum absolute atomic E-state index is 11.6. The number of hydrogen-bond donors (Lipinski definition) is 0. The van der Waals surface area contributed by atoms with Gasteiger partial charge in [-0.1, -0.05) is 36.4 Å². The Labute approximate surface area is 112 Å². The predicted octanol–water partition coefficient (Wildman–Crippen LogP) is 2.78. The van der Waals surface area contributed by atoms with E-state index in [1.165, 1.54) is 6.08 Å². The van der Waals surface area contributed by atoms with Crippen molar-refractivity contribution in [3.63, 3.8) is 0 Å². The highest BCUT2D eigenvalue weighted by Crippen LogP contribution is 2.29. The van der Waals surface area contributed by atoms with E-state index in [4.69, 9.17) is 4.74 Å². The number of carbonyl (C=O) groups is 2. The van der Waals surface area contributed by atoms with Crippen LogP contribution in [-0.2, 0) is 14.3 Å². The molecule has 0 saturated carbocycles. The third kappa shape index (κ3) is 3.41. The number of hydrogen-bond acceptors (Lipinski definition) is 3. The summed E-state index contributed by atoms with van der Waals surface area (Å²) >= 11 is 0. The largest absolute Gasteiger partial charge is 0.461 e. The second-order valence-electron chi connectivity index (χ2n) is 4.88. The van der Waals surface area contributed by atoms with Crippen LogP contribution < -0.4 is 0 Å². The van der Waals surface area contributed by atoms with Gasteiger partial charge in [0.2, 0.25) is 0 Å². The highest BCUT2D eigenvalue weighted by Gasteiger charge is 2.35. The highest BCUT2D eigenvalue weighted by atomic mass is 16.5. The van der Waals surface area contributed by atoms with Gasteiger partial charge in [-0.2, -0.15) is 0 Å². The molecule has 1 aliphatic carbocycles. The SMILES string of the molecule is C[C@@]1(COC(=O)/C=C/c2ccccc2)CC=CC1=O. The predicted molar refractivity (Wildman–Crippen MR) is 73.3 cm³/mol. The molecule has 19 heavy (non-hydrogen) atoms. The molecular weight excluding hydrogens is 240 g/mol. The second-order valence-corrected chi connectivity index (χ2v) is 4.88. The molecule has 1 atom stereocenters. The van der Waals surface area contributed by atoms with Gasteiger partial charge in [-0.3, -0.25) is 4.79 Å². The Bertz CT molecular complexity index is 528. The van der Waals surface area contributed by atoms with Crippen molar-refractivity contribution in [1.29, 1.82) is 0 Å². The topological polar surface area (TPSA) is 43.4 Å². The summed E-state index contributed by atoms with van der Waals surface area (Å²) in [5.41, 5.74) is 0.347. The average Bonchev–Trinajstić information content (AvgIpc) is 2.76. The Morgan fingerprint density at radius 2 is 2.11 bits per heavy atom. The quantitative estimate of drug-likeness (QED) is 0.614. The molecule has 0 amide bonds. The molecule has 0 aliphatic heterocycles. The highest BCUT2D eigenvalue weighted by molar-refractivity contribution is 5.97.